The lowest BCUT2D eigenvalue weighted by Gasteiger charge is -2.02. The lowest BCUT2D eigenvalue weighted by molar-refractivity contribution is 0.627. The highest BCUT2D eigenvalue weighted by Gasteiger charge is 2.00. The van der Waals surface area contributed by atoms with E-state index in [1.54, 1.807) is 11.8 Å². The summed E-state index contributed by atoms with van der Waals surface area (Å²) in [5.74, 6) is 1.04. The highest BCUT2D eigenvalue weighted by molar-refractivity contribution is 8.39. The maximum Gasteiger partial charge on any atom is 0.207 e. The summed E-state index contributed by atoms with van der Waals surface area (Å²) in [5.41, 5.74) is 0. The summed E-state index contributed by atoms with van der Waals surface area (Å²) in [4.78, 5) is 3.72. The molecule has 5 heteroatoms. The molecule has 0 heterocycles. The third-order valence-corrected chi connectivity index (χ3v) is 4.36. The van der Waals surface area contributed by atoms with Gasteiger partial charge < -0.3 is 0 Å². The van der Waals surface area contributed by atoms with Gasteiger partial charge in [0.25, 0.3) is 0 Å². The molecule has 92 valence electrons. The van der Waals surface area contributed by atoms with Crippen molar-refractivity contribution in [2.75, 3.05) is 11.0 Å². The molecule has 0 aliphatic carbocycles. The molecule has 2 nitrogen and oxygen atoms in total. The zero-order valence-electron chi connectivity index (χ0n) is 9.75. The fourth-order valence-corrected chi connectivity index (χ4v) is 3.33. The molecule has 0 aromatic carbocycles. The normalized spacial score (nSPS) is 11.4. The van der Waals surface area contributed by atoms with Gasteiger partial charge in [0.1, 0.15) is 4.38 Å². The number of halogens is 1. The molecule has 0 aromatic heterocycles. The molecule has 0 aliphatic heterocycles. The van der Waals surface area contributed by atoms with Gasteiger partial charge in [-0.1, -0.05) is 62.6 Å². The van der Waals surface area contributed by atoms with Crippen molar-refractivity contribution in [2.24, 2.45) is 4.99 Å². The van der Waals surface area contributed by atoms with Crippen molar-refractivity contribution in [3.05, 3.63) is 0 Å². The molecule has 0 saturated heterocycles. The maximum absolute atomic E-state index is 8.46. The summed E-state index contributed by atoms with van der Waals surface area (Å²) < 4.78 is 0.797. The molecule has 0 amide bonds. The van der Waals surface area contributed by atoms with Gasteiger partial charge >= 0.3 is 0 Å². The largest absolute Gasteiger partial charge is 0.207 e. The number of rotatable bonds is 8. The van der Waals surface area contributed by atoms with Crippen LogP contribution in [0.3, 0.4) is 0 Å². The molecule has 0 saturated carbocycles. The first-order valence-corrected chi connectivity index (χ1v) is 8.14. The van der Waals surface area contributed by atoms with Crippen LogP contribution in [0, 0.1) is 11.5 Å². The van der Waals surface area contributed by atoms with Crippen molar-refractivity contribution < 1.29 is 0 Å². The van der Waals surface area contributed by atoms with Gasteiger partial charge in [-0.15, -0.1) is 11.6 Å². The molecule has 0 N–H and O–H groups in total. The third-order valence-electron chi connectivity index (χ3n) is 2.04. The second-order valence-corrected chi connectivity index (χ2v) is 6.24. The summed E-state index contributed by atoms with van der Waals surface area (Å²) in [6.45, 7) is 2.23. The Balaban J connectivity index is 3.41. The Bertz CT molecular complexity index is 227. The van der Waals surface area contributed by atoms with Gasteiger partial charge in [-0.05, 0) is 6.42 Å². The van der Waals surface area contributed by atoms with Gasteiger partial charge in [-0.2, -0.15) is 10.3 Å². The van der Waals surface area contributed by atoms with Crippen LogP contribution in [0.1, 0.15) is 45.4 Å². The summed E-state index contributed by atoms with van der Waals surface area (Å²) in [7, 11) is 0. The molecule has 0 radical (unpaired) electrons. The van der Waals surface area contributed by atoms with Gasteiger partial charge in [0.05, 0.1) is 5.21 Å². The van der Waals surface area contributed by atoms with Crippen LogP contribution in [0.4, 0.5) is 0 Å². The van der Waals surface area contributed by atoms with Crippen molar-refractivity contribution in [3.8, 4) is 6.19 Å². The molecule has 0 aromatic rings. The van der Waals surface area contributed by atoms with E-state index < -0.39 is 0 Å². The number of hydrogen-bond donors (Lipinski definition) is 0. The smallest absolute Gasteiger partial charge is 0.170 e. The summed E-state index contributed by atoms with van der Waals surface area (Å²) in [6.07, 6.45) is 9.58. The Kier molecular flexibility index (Phi) is 13.3. The van der Waals surface area contributed by atoms with E-state index in [-0.39, 0.29) is 0 Å². The molecule has 0 rings (SSSR count). The first kappa shape index (κ1) is 16.1. The molecule has 0 bridgehead atoms. The van der Waals surface area contributed by atoms with Crippen LogP contribution in [0.5, 0.6) is 0 Å². The Hall–Kier alpha value is 0.150. The first-order chi connectivity index (χ1) is 7.85. The van der Waals surface area contributed by atoms with Crippen molar-refractivity contribution in [2.45, 2.75) is 45.4 Å². The van der Waals surface area contributed by atoms with Crippen molar-refractivity contribution in [1.82, 2.24) is 0 Å². The van der Waals surface area contributed by atoms with E-state index in [4.69, 9.17) is 16.9 Å². The molecule has 0 aliphatic rings. The number of aliphatic imine (C=N–C) groups is 1. The highest BCUT2D eigenvalue weighted by atomic mass is 35.5. The lowest BCUT2D eigenvalue weighted by atomic mass is 10.1. The minimum atomic E-state index is 0.462. The zero-order chi connectivity index (χ0) is 12.1. The van der Waals surface area contributed by atoms with Crippen molar-refractivity contribution in [1.29, 1.82) is 5.26 Å². The number of alkyl halides is 1. The van der Waals surface area contributed by atoms with E-state index in [0.29, 0.717) is 5.21 Å². The average Bonchev–Trinajstić information content (AvgIpc) is 2.28. The van der Waals surface area contributed by atoms with Crippen LogP contribution < -0.4 is 0 Å². The van der Waals surface area contributed by atoms with Gasteiger partial charge in [0.15, 0.2) is 0 Å². The fourth-order valence-electron chi connectivity index (χ4n) is 1.24. The Morgan fingerprint density at radius 1 is 1.19 bits per heavy atom. The number of nitrogens with zero attached hydrogens (tertiary/aromatic N) is 2. The van der Waals surface area contributed by atoms with Crippen LogP contribution in [-0.4, -0.2) is 15.3 Å². The zero-order valence-corrected chi connectivity index (χ0v) is 12.1. The van der Waals surface area contributed by atoms with Crippen LogP contribution in [-0.2, 0) is 0 Å². The van der Waals surface area contributed by atoms with Crippen LogP contribution in [0.2, 0.25) is 0 Å². The predicted molar refractivity (Wildman–Crippen MR) is 77.2 cm³/mol. The molecular weight excluding hydrogens is 260 g/mol. The maximum atomic E-state index is 8.46. The predicted octanol–water partition coefficient (Wildman–Crippen LogP) is 4.85. The molecular formula is C11H19ClN2S2. The molecule has 0 fully saturated rings. The summed E-state index contributed by atoms with van der Waals surface area (Å²) in [5, 5.41) is 8.92. The van der Waals surface area contributed by atoms with E-state index in [0.717, 1.165) is 10.1 Å². The number of hydrogen-bond acceptors (Lipinski definition) is 4. The average molecular weight is 279 g/mol. The van der Waals surface area contributed by atoms with E-state index in [1.807, 2.05) is 6.19 Å². The van der Waals surface area contributed by atoms with Gasteiger partial charge in [-0.25, -0.2) is 0 Å². The fraction of sp³-hybridized carbons (Fsp3) is 0.818. The lowest BCUT2D eigenvalue weighted by Crippen LogP contribution is -1.89. The van der Waals surface area contributed by atoms with E-state index in [9.17, 15) is 0 Å². The van der Waals surface area contributed by atoms with Gasteiger partial charge in [0.2, 0.25) is 6.19 Å². The quantitative estimate of drug-likeness (QED) is 0.209. The van der Waals surface area contributed by atoms with E-state index in [2.05, 4.69) is 11.9 Å². The Morgan fingerprint density at radius 2 is 1.88 bits per heavy atom. The van der Waals surface area contributed by atoms with Crippen LogP contribution >= 0.6 is 35.1 Å². The second kappa shape index (κ2) is 13.2. The standard InChI is InChI=1S/C11H19ClN2S2/c1-2-3-4-5-6-7-8-15-11(14-10-13)16-9-12/h2-9H2,1H3. The summed E-state index contributed by atoms with van der Waals surface area (Å²) >= 11 is 8.66. The van der Waals surface area contributed by atoms with Crippen LogP contribution in [0.25, 0.3) is 0 Å². The minimum Gasteiger partial charge on any atom is -0.170 e. The molecule has 0 spiro atoms. The number of thioether (sulfide) groups is 2. The number of unbranched alkanes of at least 4 members (excludes halogenated alkanes) is 5. The monoisotopic (exact) mass is 278 g/mol. The van der Waals surface area contributed by atoms with Crippen molar-refractivity contribution in [3.63, 3.8) is 0 Å². The Labute approximate surface area is 112 Å². The van der Waals surface area contributed by atoms with E-state index in [1.165, 1.54) is 50.3 Å². The van der Waals surface area contributed by atoms with Crippen molar-refractivity contribution >= 4 is 39.5 Å². The molecule has 0 unspecified atom stereocenters. The SMILES string of the molecule is CCCCCCCCSC(=NC#N)SCCl. The topological polar surface area (TPSA) is 36.1 Å². The minimum absolute atomic E-state index is 0.462. The van der Waals surface area contributed by atoms with E-state index >= 15 is 0 Å². The first-order valence-electron chi connectivity index (χ1n) is 5.63. The molecule has 16 heavy (non-hydrogen) atoms. The third kappa shape index (κ3) is 10.7. The second-order valence-electron chi connectivity index (χ2n) is 3.35. The summed E-state index contributed by atoms with van der Waals surface area (Å²) in [6, 6.07) is 0. The highest BCUT2D eigenvalue weighted by Crippen LogP contribution is 2.20. The van der Waals surface area contributed by atoms with Gasteiger partial charge in [-0.3, -0.25) is 0 Å². The number of nitriles is 1. The molecule has 0 atom stereocenters. The van der Waals surface area contributed by atoms with Crippen LogP contribution in [0.15, 0.2) is 4.99 Å². The Morgan fingerprint density at radius 3 is 2.50 bits per heavy atom. The van der Waals surface area contributed by atoms with Gasteiger partial charge in [0, 0.05) is 5.75 Å².